The summed E-state index contributed by atoms with van der Waals surface area (Å²) < 4.78 is 2.88. The van der Waals surface area contributed by atoms with Gasteiger partial charge in [-0.1, -0.05) is 12.8 Å². The molecule has 1 aliphatic rings. The number of hydrogen-bond acceptors (Lipinski definition) is 3. The van der Waals surface area contributed by atoms with Crippen LogP contribution in [0.2, 0.25) is 0 Å². The minimum Gasteiger partial charge on any atom is -0.465 e. The fourth-order valence-corrected chi connectivity index (χ4v) is 1.67. The molecular weight excluding hydrogens is 176 g/mol. The lowest BCUT2D eigenvalue weighted by Crippen LogP contribution is -2.31. The van der Waals surface area contributed by atoms with Crippen LogP contribution < -0.4 is 4.72 Å². The van der Waals surface area contributed by atoms with Crippen LogP contribution in [0.15, 0.2) is 0 Å². The van der Waals surface area contributed by atoms with Crippen LogP contribution in [0.25, 0.3) is 0 Å². The summed E-state index contributed by atoms with van der Waals surface area (Å²) in [6.45, 7) is 1.27. The van der Waals surface area contributed by atoms with Crippen molar-refractivity contribution in [1.82, 2.24) is 9.62 Å². The minimum absolute atomic E-state index is 0.359. The van der Waals surface area contributed by atoms with Crippen LogP contribution in [-0.2, 0) is 0 Å². The van der Waals surface area contributed by atoms with Crippen molar-refractivity contribution in [3.63, 3.8) is 0 Å². The summed E-state index contributed by atoms with van der Waals surface area (Å²) in [4.78, 5) is 12.1. The third-order valence-corrected chi connectivity index (χ3v) is 2.55. The van der Waals surface area contributed by atoms with Crippen molar-refractivity contribution >= 4 is 18.9 Å². The molecule has 1 aliphatic heterocycles. The number of likely N-dealkylation sites (tertiary alicyclic amines) is 1. The number of carboxylic acid groups (broad SMARTS) is 1. The summed E-state index contributed by atoms with van der Waals surface area (Å²) >= 11 is 3.98. The molecule has 0 radical (unpaired) electrons. The Kier molecular flexibility index (Phi) is 3.68. The summed E-state index contributed by atoms with van der Waals surface area (Å²) in [7, 11) is 0. The number of rotatable bonds is 1. The van der Waals surface area contributed by atoms with E-state index in [1.165, 1.54) is 4.90 Å². The Morgan fingerprint density at radius 1 is 1.50 bits per heavy atom. The van der Waals surface area contributed by atoms with Crippen LogP contribution in [0.1, 0.15) is 19.3 Å². The van der Waals surface area contributed by atoms with Gasteiger partial charge in [0, 0.05) is 19.1 Å². The normalized spacial score (nSPS) is 25.1. The highest BCUT2D eigenvalue weighted by molar-refractivity contribution is 7.78. The van der Waals surface area contributed by atoms with Gasteiger partial charge < -0.3 is 10.0 Å². The molecule has 1 saturated heterocycles. The zero-order valence-electron chi connectivity index (χ0n) is 6.86. The van der Waals surface area contributed by atoms with Gasteiger partial charge in [0.2, 0.25) is 0 Å². The van der Waals surface area contributed by atoms with Gasteiger partial charge in [0.25, 0.3) is 0 Å². The molecule has 12 heavy (non-hydrogen) atoms. The van der Waals surface area contributed by atoms with E-state index in [2.05, 4.69) is 17.5 Å². The third kappa shape index (κ3) is 2.57. The fourth-order valence-electron chi connectivity index (χ4n) is 1.42. The van der Waals surface area contributed by atoms with Gasteiger partial charge in [0.05, 0.1) is 0 Å². The topological polar surface area (TPSA) is 52.6 Å². The van der Waals surface area contributed by atoms with Crippen molar-refractivity contribution in [1.29, 1.82) is 0 Å². The highest BCUT2D eigenvalue weighted by Gasteiger charge is 2.18. The van der Waals surface area contributed by atoms with Crippen LogP contribution in [0, 0.1) is 0 Å². The van der Waals surface area contributed by atoms with Crippen LogP contribution in [0.3, 0.4) is 0 Å². The quantitative estimate of drug-likeness (QED) is 0.540. The van der Waals surface area contributed by atoms with Crippen molar-refractivity contribution < 1.29 is 9.90 Å². The summed E-state index contributed by atoms with van der Waals surface area (Å²) in [5.74, 6) is 0. The largest absolute Gasteiger partial charge is 0.465 e. The van der Waals surface area contributed by atoms with Gasteiger partial charge in [-0.25, -0.2) is 4.79 Å². The first-order valence-corrected chi connectivity index (χ1v) is 4.56. The molecule has 0 aromatic carbocycles. The van der Waals surface area contributed by atoms with Crippen molar-refractivity contribution in [3.8, 4) is 0 Å². The number of nitrogens with one attached hydrogen (secondary N) is 1. The second-order valence-corrected chi connectivity index (χ2v) is 3.28. The molecule has 1 rings (SSSR count). The summed E-state index contributed by atoms with van der Waals surface area (Å²) in [5.41, 5.74) is 0. The number of carbonyl (C=O) groups is 1. The lowest BCUT2D eigenvalue weighted by atomic mass is 10.1. The van der Waals surface area contributed by atoms with Crippen molar-refractivity contribution in [2.75, 3.05) is 13.1 Å². The molecule has 4 nitrogen and oxygen atoms in total. The molecule has 1 amide bonds. The molecule has 1 fully saturated rings. The Morgan fingerprint density at radius 2 is 2.25 bits per heavy atom. The molecule has 1 heterocycles. The standard InChI is InChI=1S/C7H14N2O2S/c10-7(11)9-4-1-2-6(8-12)3-5-9/h6,8,12H,1-5H2,(H,10,11)/t6-/m0/s1. The van der Waals surface area contributed by atoms with E-state index in [1.54, 1.807) is 0 Å². The maximum Gasteiger partial charge on any atom is 0.407 e. The van der Waals surface area contributed by atoms with E-state index in [0.29, 0.717) is 19.1 Å². The van der Waals surface area contributed by atoms with E-state index in [0.717, 1.165) is 19.3 Å². The van der Waals surface area contributed by atoms with Gasteiger partial charge in [0.15, 0.2) is 0 Å². The van der Waals surface area contributed by atoms with Gasteiger partial charge in [-0.05, 0) is 19.3 Å². The zero-order chi connectivity index (χ0) is 8.97. The van der Waals surface area contributed by atoms with Crippen LogP contribution >= 0.6 is 12.8 Å². The highest BCUT2D eigenvalue weighted by atomic mass is 32.1. The second-order valence-electron chi connectivity index (χ2n) is 3.03. The molecule has 0 unspecified atom stereocenters. The molecular formula is C7H14N2O2S. The lowest BCUT2D eigenvalue weighted by molar-refractivity contribution is 0.147. The lowest BCUT2D eigenvalue weighted by Gasteiger charge is -2.15. The first kappa shape index (κ1) is 9.67. The number of thiol groups is 1. The van der Waals surface area contributed by atoms with Gasteiger partial charge in [0.1, 0.15) is 0 Å². The van der Waals surface area contributed by atoms with E-state index in [1.807, 2.05) is 0 Å². The number of nitrogens with zero attached hydrogens (tertiary/aromatic N) is 1. The predicted molar refractivity (Wildman–Crippen MR) is 49.4 cm³/mol. The predicted octanol–water partition coefficient (Wildman–Crippen LogP) is 0.953. The first-order valence-electron chi connectivity index (χ1n) is 4.11. The Hall–Kier alpha value is -0.420. The Morgan fingerprint density at radius 3 is 2.83 bits per heavy atom. The van der Waals surface area contributed by atoms with Gasteiger partial charge >= 0.3 is 6.09 Å². The monoisotopic (exact) mass is 190 g/mol. The smallest absolute Gasteiger partial charge is 0.407 e. The average molecular weight is 190 g/mol. The fraction of sp³-hybridized carbons (Fsp3) is 0.857. The molecule has 0 aromatic heterocycles. The highest BCUT2D eigenvalue weighted by Crippen LogP contribution is 2.11. The van der Waals surface area contributed by atoms with E-state index in [9.17, 15) is 4.79 Å². The van der Waals surface area contributed by atoms with E-state index in [4.69, 9.17) is 5.11 Å². The van der Waals surface area contributed by atoms with E-state index < -0.39 is 6.09 Å². The Bertz CT molecular complexity index is 165. The van der Waals surface area contributed by atoms with Gasteiger partial charge in [-0.3, -0.25) is 4.72 Å². The molecule has 0 aromatic rings. The average Bonchev–Trinajstić information content (AvgIpc) is 2.28. The molecule has 2 N–H and O–H groups in total. The van der Waals surface area contributed by atoms with Crippen molar-refractivity contribution in [3.05, 3.63) is 0 Å². The Balaban J connectivity index is 2.39. The van der Waals surface area contributed by atoms with E-state index in [-0.39, 0.29) is 0 Å². The molecule has 0 spiro atoms. The van der Waals surface area contributed by atoms with Gasteiger partial charge in [-0.2, -0.15) is 0 Å². The number of hydrogen-bond donors (Lipinski definition) is 3. The number of amides is 1. The summed E-state index contributed by atoms with van der Waals surface area (Å²) in [5, 5.41) is 8.71. The van der Waals surface area contributed by atoms with Crippen molar-refractivity contribution in [2.24, 2.45) is 0 Å². The summed E-state index contributed by atoms with van der Waals surface area (Å²) in [6.07, 6.45) is 1.97. The van der Waals surface area contributed by atoms with Crippen LogP contribution in [-0.4, -0.2) is 35.2 Å². The third-order valence-electron chi connectivity index (χ3n) is 2.18. The van der Waals surface area contributed by atoms with Gasteiger partial charge in [-0.15, -0.1) is 0 Å². The maximum absolute atomic E-state index is 10.6. The van der Waals surface area contributed by atoms with Crippen molar-refractivity contribution in [2.45, 2.75) is 25.3 Å². The molecule has 0 bridgehead atoms. The molecule has 0 aliphatic carbocycles. The minimum atomic E-state index is -0.810. The zero-order valence-corrected chi connectivity index (χ0v) is 7.76. The first-order chi connectivity index (χ1) is 5.74. The SMILES string of the molecule is O=C(O)N1CCC[C@H](NS)CC1. The van der Waals surface area contributed by atoms with Crippen LogP contribution in [0.5, 0.6) is 0 Å². The second kappa shape index (κ2) is 4.57. The molecule has 0 saturated carbocycles. The van der Waals surface area contributed by atoms with E-state index >= 15 is 0 Å². The Labute approximate surface area is 77.5 Å². The van der Waals surface area contributed by atoms with Crippen LogP contribution in [0.4, 0.5) is 4.79 Å². The molecule has 5 heteroatoms. The molecule has 70 valence electrons. The molecule has 1 atom stereocenters. The maximum atomic E-state index is 10.6. The summed E-state index contributed by atoms with van der Waals surface area (Å²) in [6, 6.07) is 0.359.